The van der Waals surface area contributed by atoms with Crippen LogP contribution in [-0.4, -0.2) is 74.5 Å². The van der Waals surface area contributed by atoms with Gasteiger partial charge in [0.1, 0.15) is 5.76 Å². The Kier molecular flexibility index (Phi) is 11.7. The summed E-state index contributed by atoms with van der Waals surface area (Å²) in [5.74, 6) is 1.78. The topological polar surface area (TPSA) is 99.1 Å². The highest BCUT2D eigenvalue weighted by Crippen LogP contribution is 2.24. The van der Waals surface area contributed by atoms with Crippen LogP contribution in [0.5, 0.6) is 0 Å². The van der Waals surface area contributed by atoms with E-state index in [1.165, 1.54) is 12.8 Å². The Labute approximate surface area is 203 Å². The van der Waals surface area contributed by atoms with E-state index in [-0.39, 0.29) is 41.8 Å². The van der Waals surface area contributed by atoms with Crippen LogP contribution in [0.1, 0.15) is 50.3 Å². The predicted octanol–water partition coefficient (Wildman–Crippen LogP) is 2.18. The van der Waals surface area contributed by atoms with Crippen molar-refractivity contribution in [1.29, 1.82) is 0 Å². The number of hydrogen-bond donors (Lipinski definition) is 3. The van der Waals surface area contributed by atoms with E-state index in [2.05, 4.69) is 31.5 Å². The third-order valence-corrected chi connectivity index (χ3v) is 6.32. The van der Waals surface area contributed by atoms with Gasteiger partial charge >= 0.3 is 0 Å². The van der Waals surface area contributed by atoms with Crippen LogP contribution in [0.2, 0.25) is 0 Å². The number of unbranched alkanes of at least 4 members (excludes halogenated alkanes) is 1. The first-order valence-corrected chi connectivity index (χ1v) is 11.4. The van der Waals surface area contributed by atoms with Gasteiger partial charge in [-0.05, 0) is 83.4 Å². The summed E-state index contributed by atoms with van der Waals surface area (Å²) < 4.78 is 5.69. The van der Waals surface area contributed by atoms with Crippen LogP contribution in [0.15, 0.2) is 27.8 Å². The highest BCUT2D eigenvalue weighted by molar-refractivity contribution is 14.0. The first-order valence-electron chi connectivity index (χ1n) is 11.4. The van der Waals surface area contributed by atoms with Gasteiger partial charge in [-0.1, -0.05) is 0 Å². The smallest absolute Gasteiger partial charge is 0.220 e. The number of aliphatic imine (C=N–C) groups is 1. The van der Waals surface area contributed by atoms with Crippen molar-refractivity contribution in [1.82, 2.24) is 20.4 Å². The Morgan fingerprint density at radius 1 is 1.23 bits per heavy atom. The Morgan fingerprint density at radius 2 is 1.97 bits per heavy atom. The maximum Gasteiger partial charge on any atom is 0.220 e. The number of nitrogens with zero attached hydrogens (tertiary/aromatic N) is 3. The molecule has 2 saturated heterocycles. The largest absolute Gasteiger partial charge is 0.468 e. The molecule has 1 aromatic heterocycles. The minimum atomic E-state index is -0.142. The number of furan rings is 1. The molecule has 3 heterocycles. The molecule has 0 saturated carbocycles. The average Bonchev–Trinajstić information content (AvgIpc) is 3.47. The summed E-state index contributed by atoms with van der Waals surface area (Å²) in [6, 6.07) is 4.26. The molecule has 3 rings (SSSR count). The number of hydrogen-bond acceptors (Lipinski definition) is 5. The molecule has 0 aliphatic carbocycles. The fourth-order valence-corrected chi connectivity index (χ4v) is 4.47. The van der Waals surface area contributed by atoms with Crippen LogP contribution >= 0.6 is 24.0 Å². The number of nitrogens with two attached hydrogens (primary N) is 1. The van der Waals surface area contributed by atoms with Gasteiger partial charge in [-0.3, -0.25) is 14.7 Å². The van der Waals surface area contributed by atoms with Gasteiger partial charge < -0.3 is 25.7 Å². The van der Waals surface area contributed by atoms with Gasteiger partial charge in [0.2, 0.25) is 5.91 Å². The lowest BCUT2D eigenvalue weighted by molar-refractivity contribution is -0.123. The number of primary amides is 1. The number of piperidine rings is 1. The van der Waals surface area contributed by atoms with Crippen molar-refractivity contribution < 1.29 is 9.21 Å². The van der Waals surface area contributed by atoms with Crippen molar-refractivity contribution >= 4 is 35.8 Å². The number of likely N-dealkylation sites (tertiary alicyclic amines) is 2. The molecule has 0 spiro atoms. The molecular formula is C22H39IN6O2. The van der Waals surface area contributed by atoms with Crippen LogP contribution in [0.4, 0.5) is 0 Å². The SMILES string of the molecule is CN=C(NCCCCN1CCC(C(N)=O)CC1)NCC(c1ccco1)N1CCCC1.I. The van der Waals surface area contributed by atoms with E-state index in [1.807, 2.05) is 13.1 Å². The zero-order valence-corrected chi connectivity index (χ0v) is 21.1. The lowest BCUT2D eigenvalue weighted by Gasteiger charge is -2.30. The van der Waals surface area contributed by atoms with Crippen molar-refractivity contribution in [2.75, 3.05) is 52.9 Å². The van der Waals surface area contributed by atoms with E-state index in [9.17, 15) is 4.79 Å². The highest BCUT2D eigenvalue weighted by Gasteiger charge is 2.25. The van der Waals surface area contributed by atoms with Gasteiger partial charge in [0, 0.05) is 26.1 Å². The van der Waals surface area contributed by atoms with E-state index in [1.54, 1.807) is 6.26 Å². The number of rotatable bonds is 10. The maximum absolute atomic E-state index is 11.3. The molecule has 9 heteroatoms. The van der Waals surface area contributed by atoms with Crippen LogP contribution in [0.25, 0.3) is 0 Å². The molecule has 2 fully saturated rings. The lowest BCUT2D eigenvalue weighted by atomic mass is 9.96. The molecule has 0 aromatic carbocycles. The average molecular weight is 546 g/mol. The number of amides is 1. The number of halogens is 1. The molecule has 8 nitrogen and oxygen atoms in total. The third kappa shape index (κ3) is 8.27. The normalized spacial score (nSPS) is 19.7. The Balaban J connectivity index is 0.00000341. The van der Waals surface area contributed by atoms with Crippen molar-refractivity contribution in [3.8, 4) is 0 Å². The molecule has 4 N–H and O–H groups in total. The monoisotopic (exact) mass is 546 g/mol. The predicted molar refractivity (Wildman–Crippen MR) is 135 cm³/mol. The Morgan fingerprint density at radius 3 is 2.58 bits per heavy atom. The summed E-state index contributed by atoms with van der Waals surface area (Å²) in [6.07, 6.45) is 8.28. The van der Waals surface area contributed by atoms with E-state index in [0.717, 1.165) is 83.2 Å². The zero-order valence-electron chi connectivity index (χ0n) is 18.7. The lowest BCUT2D eigenvalue weighted by Crippen LogP contribution is -2.43. The fourth-order valence-electron chi connectivity index (χ4n) is 4.47. The summed E-state index contributed by atoms with van der Waals surface area (Å²) >= 11 is 0. The molecule has 2 aliphatic heterocycles. The van der Waals surface area contributed by atoms with Gasteiger partial charge in [0.05, 0.1) is 12.3 Å². The summed E-state index contributed by atoms with van der Waals surface area (Å²) in [5.41, 5.74) is 5.41. The van der Waals surface area contributed by atoms with Crippen LogP contribution in [0, 0.1) is 5.92 Å². The molecule has 2 aliphatic rings. The number of carbonyl (C=O) groups is 1. The molecule has 1 unspecified atom stereocenters. The van der Waals surface area contributed by atoms with E-state index < -0.39 is 0 Å². The second-order valence-corrected chi connectivity index (χ2v) is 8.38. The van der Waals surface area contributed by atoms with Crippen LogP contribution in [-0.2, 0) is 4.79 Å². The van der Waals surface area contributed by atoms with E-state index in [0.29, 0.717) is 0 Å². The van der Waals surface area contributed by atoms with Gasteiger partial charge in [0.15, 0.2) is 5.96 Å². The second-order valence-electron chi connectivity index (χ2n) is 8.38. The quantitative estimate of drug-likeness (QED) is 0.180. The molecule has 1 atom stereocenters. The molecule has 0 radical (unpaired) electrons. The second kappa shape index (κ2) is 13.9. The zero-order chi connectivity index (χ0) is 21.2. The molecule has 0 bridgehead atoms. The van der Waals surface area contributed by atoms with Crippen LogP contribution < -0.4 is 16.4 Å². The van der Waals surface area contributed by atoms with Crippen molar-refractivity contribution in [2.45, 2.75) is 44.6 Å². The standard InChI is InChI=1S/C22H38N6O2.HI/c1-24-22(25-10-2-3-11-27-14-8-18(9-15-27)21(23)29)26-17-19(20-7-6-16-30-20)28-12-4-5-13-28;/h6-7,16,18-19H,2-5,8-15,17H2,1H3,(H2,23,29)(H2,24,25,26);1H. The van der Waals surface area contributed by atoms with Crippen LogP contribution in [0.3, 0.4) is 0 Å². The van der Waals surface area contributed by atoms with Gasteiger partial charge in [-0.15, -0.1) is 24.0 Å². The summed E-state index contributed by atoms with van der Waals surface area (Å²) in [6.45, 7) is 6.96. The van der Waals surface area contributed by atoms with E-state index in [4.69, 9.17) is 10.2 Å². The Hall–Kier alpha value is -1.33. The van der Waals surface area contributed by atoms with Crippen molar-refractivity contribution in [3.63, 3.8) is 0 Å². The minimum absolute atomic E-state index is 0. The van der Waals surface area contributed by atoms with Gasteiger partial charge in [0.25, 0.3) is 0 Å². The minimum Gasteiger partial charge on any atom is -0.468 e. The maximum atomic E-state index is 11.3. The first-order chi connectivity index (χ1) is 14.7. The molecule has 1 aromatic rings. The fraction of sp³-hybridized carbons (Fsp3) is 0.727. The Bertz CT molecular complexity index is 655. The van der Waals surface area contributed by atoms with Gasteiger partial charge in [-0.2, -0.15) is 0 Å². The molecular weight excluding hydrogens is 507 g/mol. The summed E-state index contributed by atoms with van der Waals surface area (Å²) in [5, 5.41) is 6.90. The summed E-state index contributed by atoms with van der Waals surface area (Å²) in [7, 11) is 1.82. The van der Waals surface area contributed by atoms with E-state index >= 15 is 0 Å². The van der Waals surface area contributed by atoms with Crippen molar-refractivity contribution in [3.05, 3.63) is 24.2 Å². The molecule has 176 valence electrons. The third-order valence-electron chi connectivity index (χ3n) is 6.32. The first kappa shape index (κ1) is 25.9. The highest BCUT2D eigenvalue weighted by atomic mass is 127. The van der Waals surface area contributed by atoms with Gasteiger partial charge in [-0.25, -0.2) is 0 Å². The number of nitrogens with one attached hydrogen (secondary N) is 2. The van der Waals surface area contributed by atoms with Crippen molar-refractivity contribution in [2.24, 2.45) is 16.6 Å². The summed E-state index contributed by atoms with van der Waals surface area (Å²) in [4.78, 5) is 20.6. The molecule has 1 amide bonds. The number of guanidine groups is 1. The molecule has 31 heavy (non-hydrogen) atoms. The number of carbonyl (C=O) groups excluding carboxylic acids is 1.